The second kappa shape index (κ2) is 5.77. The van der Waals surface area contributed by atoms with E-state index in [9.17, 15) is 0 Å². The van der Waals surface area contributed by atoms with Crippen LogP contribution in [-0.2, 0) is 0 Å². The van der Waals surface area contributed by atoms with Crippen LogP contribution in [0.3, 0.4) is 0 Å². The first-order valence-electron chi connectivity index (χ1n) is 6.92. The molecule has 2 atom stereocenters. The molecule has 0 spiro atoms. The average Bonchev–Trinajstić information content (AvgIpc) is 2.49. The van der Waals surface area contributed by atoms with Crippen molar-refractivity contribution in [2.45, 2.75) is 24.8 Å². The zero-order valence-corrected chi connectivity index (χ0v) is 12.9. The lowest BCUT2D eigenvalue weighted by molar-refractivity contribution is 0.471. The standard InChI is InChI=1S/C17H17Cl2N/c1-20-16-10-9-12(11-5-2-3-6-13(11)16)14-7-4-8-15(18)17(14)19/h2-8,12,16,20H,9-10H2,1H3/t12-,16-/m1/s1. The Bertz CT molecular complexity index is 624. The molecular formula is C17H17Cl2N. The summed E-state index contributed by atoms with van der Waals surface area (Å²) in [6, 6.07) is 15.0. The highest BCUT2D eigenvalue weighted by Gasteiger charge is 2.28. The molecule has 0 aliphatic heterocycles. The van der Waals surface area contributed by atoms with Gasteiger partial charge in [0.05, 0.1) is 10.0 Å². The predicted molar refractivity (Wildman–Crippen MR) is 85.8 cm³/mol. The molecule has 1 nitrogen and oxygen atoms in total. The largest absolute Gasteiger partial charge is 0.313 e. The molecule has 1 aliphatic rings. The summed E-state index contributed by atoms with van der Waals surface area (Å²) in [6.07, 6.45) is 2.20. The summed E-state index contributed by atoms with van der Waals surface area (Å²) in [5.41, 5.74) is 3.88. The van der Waals surface area contributed by atoms with Crippen molar-refractivity contribution >= 4 is 23.2 Å². The highest BCUT2D eigenvalue weighted by Crippen LogP contribution is 2.44. The maximum atomic E-state index is 6.42. The quantitative estimate of drug-likeness (QED) is 0.806. The van der Waals surface area contributed by atoms with Crippen molar-refractivity contribution in [2.24, 2.45) is 0 Å². The maximum absolute atomic E-state index is 6.42. The molecule has 20 heavy (non-hydrogen) atoms. The first kappa shape index (κ1) is 13.9. The van der Waals surface area contributed by atoms with Crippen molar-refractivity contribution in [3.63, 3.8) is 0 Å². The van der Waals surface area contributed by atoms with Gasteiger partial charge in [-0.1, -0.05) is 59.6 Å². The molecule has 0 fully saturated rings. The summed E-state index contributed by atoms with van der Waals surface area (Å²) in [4.78, 5) is 0. The number of halogens is 2. The summed E-state index contributed by atoms with van der Waals surface area (Å²) in [6.45, 7) is 0. The Balaban J connectivity index is 2.10. The smallest absolute Gasteiger partial charge is 0.0630 e. The topological polar surface area (TPSA) is 12.0 Å². The fourth-order valence-corrected chi connectivity index (χ4v) is 3.64. The maximum Gasteiger partial charge on any atom is 0.0630 e. The van der Waals surface area contributed by atoms with Gasteiger partial charge in [0.15, 0.2) is 0 Å². The summed E-state index contributed by atoms with van der Waals surface area (Å²) < 4.78 is 0. The lowest BCUT2D eigenvalue weighted by Gasteiger charge is -2.32. The summed E-state index contributed by atoms with van der Waals surface area (Å²) in [5.74, 6) is 0.335. The van der Waals surface area contributed by atoms with Gasteiger partial charge in [-0.05, 0) is 42.6 Å². The lowest BCUT2D eigenvalue weighted by Crippen LogP contribution is -2.24. The monoisotopic (exact) mass is 305 g/mol. The Morgan fingerprint density at radius 1 is 0.900 bits per heavy atom. The molecule has 0 heterocycles. The third-order valence-corrected chi connectivity index (χ3v) is 5.03. The van der Waals surface area contributed by atoms with E-state index in [0.717, 1.165) is 18.4 Å². The number of fused-ring (bicyclic) bond motifs is 1. The van der Waals surface area contributed by atoms with Gasteiger partial charge in [0, 0.05) is 12.0 Å². The van der Waals surface area contributed by atoms with Gasteiger partial charge in [0.1, 0.15) is 0 Å². The van der Waals surface area contributed by atoms with Crippen LogP contribution in [0.25, 0.3) is 0 Å². The summed E-state index contributed by atoms with van der Waals surface area (Å²) in [7, 11) is 2.02. The normalized spacial score (nSPS) is 21.6. The molecule has 0 radical (unpaired) electrons. The van der Waals surface area contributed by atoms with Crippen LogP contribution in [0.4, 0.5) is 0 Å². The molecule has 0 saturated heterocycles. The Kier molecular flexibility index (Phi) is 4.02. The van der Waals surface area contributed by atoms with E-state index in [1.54, 1.807) is 0 Å². The minimum atomic E-state index is 0.335. The van der Waals surface area contributed by atoms with E-state index in [-0.39, 0.29) is 0 Å². The van der Waals surface area contributed by atoms with Gasteiger partial charge in [-0.2, -0.15) is 0 Å². The van der Waals surface area contributed by atoms with E-state index >= 15 is 0 Å². The minimum absolute atomic E-state index is 0.335. The third-order valence-electron chi connectivity index (χ3n) is 4.20. The number of hydrogen-bond donors (Lipinski definition) is 1. The molecule has 0 bridgehead atoms. The lowest BCUT2D eigenvalue weighted by atomic mass is 9.77. The summed E-state index contributed by atoms with van der Waals surface area (Å²) >= 11 is 12.6. The minimum Gasteiger partial charge on any atom is -0.313 e. The van der Waals surface area contributed by atoms with Gasteiger partial charge in [0.25, 0.3) is 0 Å². The van der Waals surface area contributed by atoms with Crippen LogP contribution in [0.5, 0.6) is 0 Å². The van der Waals surface area contributed by atoms with Gasteiger partial charge in [-0.15, -0.1) is 0 Å². The Morgan fingerprint density at radius 3 is 2.35 bits per heavy atom. The molecule has 0 saturated carbocycles. The highest BCUT2D eigenvalue weighted by atomic mass is 35.5. The van der Waals surface area contributed by atoms with E-state index in [1.807, 2.05) is 19.2 Å². The Morgan fingerprint density at radius 2 is 1.60 bits per heavy atom. The van der Waals surface area contributed by atoms with Crippen LogP contribution in [0.15, 0.2) is 42.5 Å². The molecule has 3 rings (SSSR count). The van der Waals surface area contributed by atoms with E-state index in [0.29, 0.717) is 22.0 Å². The molecule has 1 N–H and O–H groups in total. The van der Waals surface area contributed by atoms with Crippen LogP contribution in [0, 0.1) is 0 Å². The van der Waals surface area contributed by atoms with Crippen LogP contribution in [-0.4, -0.2) is 7.05 Å². The first-order chi connectivity index (χ1) is 9.72. The van der Waals surface area contributed by atoms with E-state index in [1.165, 1.54) is 11.1 Å². The Hall–Kier alpha value is -1.02. The van der Waals surface area contributed by atoms with Gasteiger partial charge in [0.2, 0.25) is 0 Å². The fraction of sp³-hybridized carbons (Fsp3) is 0.294. The van der Waals surface area contributed by atoms with Gasteiger partial charge < -0.3 is 5.32 Å². The molecule has 3 heteroatoms. The highest BCUT2D eigenvalue weighted by molar-refractivity contribution is 6.42. The second-order valence-electron chi connectivity index (χ2n) is 5.24. The molecule has 1 aliphatic carbocycles. The van der Waals surface area contributed by atoms with Crippen LogP contribution in [0.2, 0.25) is 10.0 Å². The van der Waals surface area contributed by atoms with Crippen LogP contribution in [0.1, 0.15) is 41.5 Å². The van der Waals surface area contributed by atoms with Crippen molar-refractivity contribution in [3.05, 3.63) is 69.2 Å². The van der Waals surface area contributed by atoms with Gasteiger partial charge >= 0.3 is 0 Å². The average molecular weight is 306 g/mol. The fourth-order valence-electron chi connectivity index (χ4n) is 3.20. The van der Waals surface area contributed by atoms with Crippen molar-refractivity contribution in [2.75, 3.05) is 7.05 Å². The number of rotatable bonds is 2. The van der Waals surface area contributed by atoms with Crippen molar-refractivity contribution < 1.29 is 0 Å². The number of benzene rings is 2. The second-order valence-corrected chi connectivity index (χ2v) is 6.03. The molecule has 104 valence electrons. The SMILES string of the molecule is CN[C@@H]1CC[C@@H](c2cccc(Cl)c2Cl)c2ccccc21. The molecule has 2 aromatic rings. The Labute approximate surface area is 129 Å². The molecule has 0 aromatic heterocycles. The van der Waals surface area contributed by atoms with Crippen molar-refractivity contribution in [1.29, 1.82) is 0 Å². The molecule has 2 aromatic carbocycles. The first-order valence-corrected chi connectivity index (χ1v) is 7.68. The van der Waals surface area contributed by atoms with Crippen molar-refractivity contribution in [3.8, 4) is 0 Å². The molecular weight excluding hydrogens is 289 g/mol. The van der Waals surface area contributed by atoms with Crippen molar-refractivity contribution in [1.82, 2.24) is 5.32 Å². The van der Waals surface area contributed by atoms with E-state index < -0.39 is 0 Å². The number of hydrogen-bond acceptors (Lipinski definition) is 1. The molecule has 0 unspecified atom stereocenters. The van der Waals surface area contributed by atoms with E-state index in [4.69, 9.17) is 23.2 Å². The third kappa shape index (κ3) is 2.35. The summed E-state index contributed by atoms with van der Waals surface area (Å²) in [5, 5.41) is 4.73. The van der Waals surface area contributed by atoms with Crippen LogP contribution >= 0.6 is 23.2 Å². The van der Waals surface area contributed by atoms with Crippen LogP contribution < -0.4 is 5.32 Å². The number of nitrogens with one attached hydrogen (secondary N) is 1. The molecule has 0 amide bonds. The van der Waals surface area contributed by atoms with Gasteiger partial charge in [-0.3, -0.25) is 0 Å². The predicted octanol–water partition coefficient (Wildman–Crippen LogP) is 5.18. The van der Waals surface area contributed by atoms with E-state index in [2.05, 4.69) is 35.6 Å². The zero-order chi connectivity index (χ0) is 14.1. The van der Waals surface area contributed by atoms with Gasteiger partial charge in [-0.25, -0.2) is 0 Å². The zero-order valence-electron chi connectivity index (χ0n) is 11.4.